The first kappa shape index (κ1) is 14.6. The van der Waals surface area contributed by atoms with Crippen molar-refractivity contribution in [2.24, 2.45) is 0 Å². The van der Waals surface area contributed by atoms with E-state index in [0.29, 0.717) is 12.2 Å². The summed E-state index contributed by atoms with van der Waals surface area (Å²) in [6.07, 6.45) is 4.94. The Morgan fingerprint density at radius 3 is 2.90 bits per heavy atom. The summed E-state index contributed by atoms with van der Waals surface area (Å²) in [7, 11) is 0. The van der Waals surface area contributed by atoms with Crippen LogP contribution in [0, 0.1) is 5.82 Å². The van der Waals surface area contributed by atoms with Crippen LogP contribution in [-0.2, 0) is 4.74 Å². The molecule has 20 heavy (non-hydrogen) atoms. The van der Waals surface area contributed by atoms with Crippen LogP contribution in [0.25, 0.3) is 0 Å². The molecule has 1 unspecified atom stereocenters. The van der Waals surface area contributed by atoms with Crippen molar-refractivity contribution in [1.29, 1.82) is 0 Å². The van der Waals surface area contributed by atoms with Crippen molar-refractivity contribution in [2.45, 2.75) is 45.1 Å². The molecule has 0 radical (unpaired) electrons. The van der Waals surface area contributed by atoms with E-state index in [1.165, 1.54) is 29.9 Å². The molecular weight excluding hydrogens is 259 g/mol. The van der Waals surface area contributed by atoms with Crippen LogP contribution < -0.4 is 10.6 Å². The van der Waals surface area contributed by atoms with Gasteiger partial charge in [0.1, 0.15) is 11.9 Å². The highest BCUT2D eigenvalue weighted by atomic mass is 19.1. The number of nitrogens with two attached hydrogens (primary N) is 1. The molecule has 0 bridgehead atoms. The van der Waals surface area contributed by atoms with Gasteiger partial charge in [-0.3, -0.25) is 4.90 Å². The van der Waals surface area contributed by atoms with Crippen LogP contribution in [0.3, 0.4) is 0 Å². The number of cyclic esters (lactones) is 1. The van der Waals surface area contributed by atoms with Gasteiger partial charge in [-0.2, -0.15) is 0 Å². The molecule has 1 aliphatic rings. The number of benzene rings is 1. The summed E-state index contributed by atoms with van der Waals surface area (Å²) >= 11 is 0. The second kappa shape index (κ2) is 6.59. The Bertz CT molecular complexity index is 479. The molecule has 0 aliphatic carbocycles. The van der Waals surface area contributed by atoms with Gasteiger partial charge in [0.15, 0.2) is 0 Å². The second-order valence-corrected chi connectivity index (χ2v) is 5.17. The van der Waals surface area contributed by atoms with Crippen LogP contribution >= 0.6 is 0 Å². The predicted octanol–water partition coefficient (Wildman–Crippen LogP) is 3.70. The van der Waals surface area contributed by atoms with Crippen molar-refractivity contribution in [2.75, 3.05) is 17.2 Å². The third-order valence-electron chi connectivity index (χ3n) is 3.55. The molecule has 1 atom stereocenters. The number of unbranched alkanes of at least 4 members (excludes halogenated alkanes) is 3. The third kappa shape index (κ3) is 3.40. The van der Waals surface area contributed by atoms with Crippen LogP contribution in [-0.4, -0.2) is 18.7 Å². The average molecular weight is 280 g/mol. The van der Waals surface area contributed by atoms with Crippen molar-refractivity contribution in [3.8, 4) is 0 Å². The number of halogens is 1. The Morgan fingerprint density at radius 1 is 1.40 bits per heavy atom. The molecule has 1 aromatic rings. The third-order valence-corrected chi connectivity index (χ3v) is 3.55. The monoisotopic (exact) mass is 280 g/mol. The normalized spacial score (nSPS) is 18.4. The molecule has 1 heterocycles. The second-order valence-electron chi connectivity index (χ2n) is 5.17. The number of rotatable bonds is 6. The number of nitrogens with zero attached hydrogens (tertiary/aromatic N) is 1. The van der Waals surface area contributed by atoms with Gasteiger partial charge in [0, 0.05) is 0 Å². The molecule has 1 saturated heterocycles. The molecule has 0 spiro atoms. The minimum Gasteiger partial charge on any atom is -0.444 e. The van der Waals surface area contributed by atoms with E-state index in [1.54, 1.807) is 6.07 Å². The Kier molecular flexibility index (Phi) is 4.82. The molecule has 1 aliphatic heterocycles. The lowest BCUT2D eigenvalue weighted by Crippen LogP contribution is -2.24. The molecule has 1 aromatic carbocycles. The van der Waals surface area contributed by atoms with E-state index in [2.05, 4.69) is 6.92 Å². The Hall–Kier alpha value is -1.78. The summed E-state index contributed by atoms with van der Waals surface area (Å²) in [5.74, 6) is -0.512. The zero-order valence-corrected chi connectivity index (χ0v) is 11.8. The smallest absolute Gasteiger partial charge is 0.414 e. The molecule has 110 valence electrons. The van der Waals surface area contributed by atoms with Crippen LogP contribution in [0.5, 0.6) is 0 Å². The first-order chi connectivity index (χ1) is 9.61. The molecular formula is C15H21FN2O2. The summed E-state index contributed by atoms with van der Waals surface area (Å²) in [6.45, 7) is 2.64. The van der Waals surface area contributed by atoms with E-state index < -0.39 is 11.9 Å². The number of hydrogen-bond acceptors (Lipinski definition) is 3. The zero-order chi connectivity index (χ0) is 14.5. The summed E-state index contributed by atoms with van der Waals surface area (Å²) in [5, 5.41) is 0. The molecule has 4 nitrogen and oxygen atoms in total. The van der Waals surface area contributed by atoms with Crippen LogP contribution in [0.1, 0.15) is 39.0 Å². The Morgan fingerprint density at radius 2 is 2.20 bits per heavy atom. The standard InChI is InChI=1S/C15H21FN2O2/c1-2-3-4-5-6-12-10-18(15(19)20-12)11-7-8-14(17)13(16)9-11/h7-9,12H,2-6,10,17H2,1H3. The fourth-order valence-corrected chi connectivity index (χ4v) is 2.37. The van der Waals surface area contributed by atoms with Gasteiger partial charge in [-0.15, -0.1) is 0 Å². The fraction of sp³-hybridized carbons (Fsp3) is 0.533. The quantitative estimate of drug-likeness (QED) is 0.638. The van der Waals surface area contributed by atoms with Crippen molar-refractivity contribution in [3.05, 3.63) is 24.0 Å². The first-order valence-corrected chi connectivity index (χ1v) is 7.15. The fourth-order valence-electron chi connectivity index (χ4n) is 2.37. The number of nitrogen functional groups attached to an aromatic ring is 1. The SMILES string of the molecule is CCCCCCC1CN(c2ccc(N)c(F)c2)C(=O)O1. The maximum Gasteiger partial charge on any atom is 0.414 e. The van der Waals surface area contributed by atoms with Crippen molar-refractivity contribution in [3.63, 3.8) is 0 Å². The van der Waals surface area contributed by atoms with E-state index >= 15 is 0 Å². The summed E-state index contributed by atoms with van der Waals surface area (Å²) in [6, 6.07) is 4.38. The van der Waals surface area contributed by atoms with Crippen molar-refractivity contribution < 1.29 is 13.9 Å². The summed E-state index contributed by atoms with van der Waals surface area (Å²) in [5.41, 5.74) is 6.01. The zero-order valence-electron chi connectivity index (χ0n) is 11.8. The molecule has 5 heteroatoms. The number of carbonyl (C=O) groups is 1. The van der Waals surface area contributed by atoms with Gasteiger partial charge in [-0.05, 0) is 31.0 Å². The number of carbonyl (C=O) groups excluding carboxylic acids is 1. The molecule has 1 fully saturated rings. The van der Waals surface area contributed by atoms with Crippen LogP contribution in [0.15, 0.2) is 18.2 Å². The minimum atomic E-state index is -0.512. The maximum absolute atomic E-state index is 13.4. The lowest BCUT2D eigenvalue weighted by atomic mass is 10.1. The number of amides is 1. The van der Waals surface area contributed by atoms with Gasteiger partial charge >= 0.3 is 6.09 Å². The van der Waals surface area contributed by atoms with Gasteiger partial charge in [0.2, 0.25) is 0 Å². The number of anilines is 2. The van der Waals surface area contributed by atoms with Gasteiger partial charge in [0.05, 0.1) is 17.9 Å². The predicted molar refractivity (Wildman–Crippen MR) is 77.2 cm³/mol. The van der Waals surface area contributed by atoms with Gasteiger partial charge in [-0.1, -0.05) is 26.2 Å². The topological polar surface area (TPSA) is 55.6 Å². The van der Waals surface area contributed by atoms with E-state index in [9.17, 15) is 9.18 Å². The highest BCUT2D eigenvalue weighted by Gasteiger charge is 2.32. The van der Waals surface area contributed by atoms with E-state index in [1.807, 2.05) is 0 Å². The lowest BCUT2D eigenvalue weighted by molar-refractivity contribution is 0.135. The van der Waals surface area contributed by atoms with Crippen molar-refractivity contribution >= 4 is 17.5 Å². The van der Waals surface area contributed by atoms with Crippen molar-refractivity contribution in [1.82, 2.24) is 0 Å². The number of hydrogen-bond donors (Lipinski definition) is 1. The molecule has 2 rings (SSSR count). The first-order valence-electron chi connectivity index (χ1n) is 7.15. The molecule has 0 aromatic heterocycles. The van der Waals surface area contributed by atoms with Gasteiger partial charge in [0.25, 0.3) is 0 Å². The largest absolute Gasteiger partial charge is 0.444 e. The number of ether oxygens (including phenoxy) is 1. The van der Waals surface area contributed by atoms with Crippen LogP contribution in [0.2, 0.25) is 0 Å². The van der Waals surface area contributed by atoms with Crippen LogP contribution in [0.4, 0.5) is 20.6 Å². The van der Waals surface area contributed by atoms with Gasteiger partial charge < -0.3 is 10.5 Å². The maximum atomic E-state index is 13.4. The lowest BCUT2D eigenvalue weighted by Gasteiger charge is -2.13. The Labute approximate surface area is 118 Å². The highest BCUT2D eigenvalue weighted by Crippen LogP contribution is 2.26. The van der Waals surface area contributed by atoms with E-state index in [-0.39, 0.29) is 11.8 Å². The average Bonchev–Trinajstić information content (AvgIpc) is 2.79. The molecule has 2 N–H and O–H groups in total. The summed E-state index contributed by atoms with van der Waals surface area (Å²) in [4.78, 5) is 13.3. The summed E-state index contributed by atoms with van der Waals surface area (Å²) < 4.78 is 18.8. The van der Waals surface area contributed by atoms with Gasteiger partial charge in [-0.25, -0.2) is 9.18 Å². The van der Waals surface area contributed by atoms with E-state index in [0.717, 1.165) is 19.3 Å². The molecule has 0 saturated carbocycles. The van der Waals surface area contributed by atoms with E-state index in [4.69, 9.17) is 10.5 Å². The minimum absolute atomic E-state index is 0.0810. The molecule has 1 amide bonds. The Balaban J connectivity index is 1.93. The highest BCUT2D eigenvalue weighted by molar-refractivity contribution is 5.89.